The van der Waals surface area contributed by atoms with Crippen LogP contribution < -0.4 is 5.73 Å². The van der Waals surface area contributed by atoms with Gasteiger partial charge in [-0.25, -0.2) is 0 Å². The van der Waals surface area contributed by atoms with E-state index in [2.05, 4.69) is 4.74 Å². The number of carboxylic acids is 1. The molecular weight excluding hydrogens is 450 g/mol. The number of esters is 1. The fourth-order valence-electron chi connectivity index (χ4n) is 1.75. The van der Waals surface area contributed by atoms with Crippen LogP contribution in [0.5, 0.6) is 0 Å². The maximum atomic E-state index is 10.8. The van der Waals surface area contributed by atoms with E-state index in [0.29, 0.717) is 52.0 Å². The molecule has 0 spiro atoms. The minimum Gasteiger partial charge on any atom is -0.481 e. The molecule has 0 bridgehead atoms. The first-order chi connectivity index (χ1) is 15.9. The lowest BCUT2D eigenvalue weighted by molar-refractivity contribution is -0.155. The van der Waals surface area contributed by atoms with Gasteiger partial charge >= 0.3 is 11.9 Å². The maximum absolute atomic E-state index is 10.8. The summed E-state index contributed by atoms with van der Waals surface area (Å²) < 4.78 is 39.6. The molecule has 14 nitrogen and oxygen atoms in total. The van der Waals surface area contributed by atoms with Crippen molar-refractivity contribution in [2.24, 2.45) is 5.73 Å². The Kier molecular flexibility index (Phi) is 16.9. The summed E-state index contributed by atoms with van der Waals surface area (Å²) in [6.07, 6.45) is -0.927. The highest BCUT2D eigenvalue weighted by Crippen LogP contribution is 2.10. The maximum Gasteiger partial charge on any atom is 0.317 e. The fraction of sp³-hybridized carbons (Fsp3) is 0.895. The second kappa shape index (κ2) is 18.9. The van der Waals surface area contributed by atoms with Gasteiger partial charge in [-0.3, -0.25) is 9.59 Å². The summed E-state index contributed by atoms with van der Waals surface area (Å²) in [5.74, 6) is -2.18. The Hall–Kier alpha value is -1.46. The van der Waals surface area contributed by atoms with Gasteiger partial charge in [-0.2, -0.15) is 0 Å². The molecule has 0 aromatic heterocycles. The Morgan fingerprint density at radius 2 is 1.30 bits per heavy atom. The number of ether oxygens (including phenoxy) is 8. The molecule has 4 atom stereocenters. The summed E-state index contributed by atoms with van der Waals surface area (Å²) in [6, 6.07) is 0. The van der Waals surface area contributed by atoms with Crippen LogP contribution in [-0.4, -0.2) is 131 Å². The summed E-state index contributed by atoms with van der Waals surface area (Å²) in [5, 5.41) is 25.4. The Morgan fingerprint density at radius 1 is 0.879 bits per heavy atom. The number of aliphatic carboxylic acids is 1. The molecule has 0 radical (unpaired) electrons. The van der Waals surface area contributed by atoms with E-state index < -0.39 is 24.5 Å². The van der Waals surface area contributed by atoms with Crippen molar-refractivity contribution in [3.05, 3.63) is 0 Å². The van der Waals surface area contributed by atoms with Crippen LogP contribution >= 0.6 is 0 Å². The summed E-state index contributed by atoms with van der Waals surface area (Å²) in [6.45, 7) is 4.61. The van der Waals surface area contributed by atoms with Gasteiger partial charge in [-0.05, 0) is 0 Å². The van der Waals surface area contributed by atoms with Crippen LogP contribution in [0.4, 0.5) is 0 Å². The Labute approximate surface area is 191 Å². The summed E-state index contributed by atoms with van der Waals surface area (Å²) >= 11 is 0. The van der Waals surface area contributed by atoms with E-state index in [9.17, 15) is 14.7 Å². The van der Waals surface area contributed by atoms with Gasteiger partial charge in [0.1, 0.15) is 51.0 Å². The first kappa shape index (κ1) is 29.6. The van der Waals surface area contributed by atoms with Gasteiger partial charge in [0.2, 0.25) is 0 Å². The molecule has 3 aliphatic heterocycles. The molecule has 3 fully saturated rings. The second-order valence-corrected chi connectivity index (χ2v) is 7.00. The van der Waals surface area contributed by atoms with Crippen molar-refractivity contribution in [1.29, 1.82) is 0 Å². The molecule has 0 aliphatic carbocycles. The molecule has 3 heterocycles. The van der Waals surface area contributed by atoms with E-state index in [1.54, 1.807) is 0 Å². The van der Waals surface area contributed by atoms with Crippen molar-refractivity contribution < 1.29 is 62.8 Å². The first-order valence-electron chi connectivity index (χ1n) is 10.5. The van der Waals surface area contributed by atoms with Crippen molar-refractivity contribution >= 4 is 11.9 Å². The average Bonchev–Trinajstić information content (AvgIpc) is 3.63. The predicted molar refractivity (Wildman–Crippen MR) is 108 cm³/mol. The first-order valence-corrected chi connectivity index (χ1v) is 10.5. The predicted octanol–water partition coefficient (Wildman–Crippen LogP) is -2.53. The van der Waals surface area contributed by atoms with Crippen LogP contribution in [-0.2, 0) is 47.5 Å². The van der Waals surface area contributed by atoms with E-state index >= 15 is 0 Å². The van der Waals surface area contributed by atoms with E-state index in [0.717, 1.165) is 13.2 Å². The van der Waals surface area contributed by atoms with Gasteiger partial charge in [0.25, 0.3) is 0 Å². The number of aliphatic hydroxyl groups is 2. The molecule has 0 saturated carbocycles. The zero-order valence-electron chi connectivity index (χ0n) is 18.5. The molecule has 33 heavy (non-hydrogen) atoms. The number of carbonyl (C=O) groups excluding carboxylic acids is 1. The minimum absolute atomic E-state index is 0.0139. The summed E-state index contributed by atoms with van der Waals surface area (Å²) in [7, 11) is 0. The van der Waals surface area contributed by atoms with Crippen LogP contribution in [0.1, 0.15) is 6.42 Å². The molecule has 0 aromatic carbocycles. The van der Waals surface area contributed by atoms with Crippen molar-refractivity contribution in [3.8, 4) is 0 Å². The molecular formula is C19H35NO13. The standard InChI is InChI=1S/C10H16O8.C7H12O4.C2H7NO/c11-7(3-18-10(14)1-9(12)13)2-15-6-16-4-8-5-17-8;1(6-3-10-6)8-5-9-2-7-4-11-7;3-1-2-4/h7-8,11H,1-6H2,(H,12,13);6-7H,1-5H2;4H,1-3H2. The van der Waals surface area contributed by atoms with Gasteiger partial charge in [0, 0.05) is 6.54 Å². The number of hydrogen-bond acceptors (Lipinski definition) is 13. The van der Waals surface area contributed by atoms with Crippen LogP contribution in [0.3, 0.4) is 0 Å². The van der Waals surface area contributed by atoms with Crippen molar-refractivity contribution in [1.82, 2.24) is 0 Å². The van der Waals surface area contributed by atoms with Gasteiger partial charge in [-0.15, -0.1) is 0 Å². The molecule has 3 saturated heterocycles. The lowest BCUT2D eigenvalue weighted by Crippen LogP contribution is -2.25. The zero-order chi connectivity index (χ0) is 24.3. The SMILES string of the molecule is C(OCC1CO1)OCC1CO1.NCCO.O=C(O)CC(=O)OCC(O)COCOCC1CO1. The monoisotopic (exact) mass is 485 g/mol. The minimum atomic E-state index is -1.28. The average molecular weight is 485 g/mol. The molecule has 3 aliphatic rings. The third-order valence-corrected chi connectivity index (χ3v) is 3.62. The largest absolute Gasteiger partial charge is 0.481 e. The van der Waals surface area contributed by atoms with E-state index in [1.807, 2.05) is 0 Å². The molecule has 3 rings (SSSR count). The zero-order valence-corrected chi connectivity index (χ0v) is 18.5. The Balaban J connectivity index is 0.000000305. The number of aliphatic hydroxyl groups excluding tert-OH is 2. The quantitative estimate of drug-likeness (QED) is 0.0551. The molecule has 5 N–H and O–H groups in total. The van der Waals surface area contributed by atoms with Crippen LogP contribution in [0.2, 0.25) is 0 Å². The highest BCUT2D eigenvalue weighted by molar-refractivity contribution is 5.90. The van der Waals surface area contributed by atoms with E-state index in [1.165, 1.54) is 0 Å². The van der Waals surface area contributed by atoms with Gasteiger partial charge in [-0.1, -0.05) is 0 Å². The van der Waals surface area contributed by atoms with Crippen molar-refractivity contribution in [2.45, 2.75) is 30.8 Å². The second-order valence-electron chi connectivity index (χ2n) is 7.00. The van der Waals surface area contributed by atoms with Crippen LogP contribution in [0, 0.1) is 0 Å². The molecule has 0 aromatic rings. The van der Waals surface area contributed by atoms with Crippen molar-refractivity contribution in [2.75, 3.05) is 79.6 Å². The molecule has 0 amide bonds. The lowest BCUT2D eigenvalue weighted by Gasteiger charge is -2.11. The number of hydrogen-bond donors (Lipinski definition) is 4. The Bertz CT molecular complexity index is 496. The topological polar surface area (TPSA) is 205 Å². The number of epoxide rings is 3. The number of carboxylic acid groups (broad SMARTS) is 1. The third kappa shape index (κ3) is 22.1. The lowest BCUT2D eigenvalue weighted by atomic mass is 10.4. The smallest absolute Gasteiger partial charge is 0.317 e. The third-order valence-electron chi connectivity index (χ3n) is 3.62. The number of carbonyl (C=O) groups is 2. The normalized spacial score (nSPS) is 22.7. The summed E-state index contributed by atoms with van der Waals surface area (Å²) in [4.78, 5) is 21.0. The molecule has 194 valence electrons. The van der Waals surface area contributed by atoms with E-state index in [4.69, 9.17) is 49.1 Å². The molecule has 14 heteroatoms. The van der Waals surface area contributed by atoms with Crippen molar-refractivity contribution in [3.63, 3.8) is 0 Å². The highest BCUT2D eigenvalue weighted by atomic mass is 16.7. The number of rotatable bonds is 17. The highest BCUT2D eigenvalue weighted by Gasteiger charge is 2.24. The van der Waals surface area contributed by atoms with Crippen LogP contribution in [0.25, 0.3) is 0 Å². The Morgan fingerprint density at radius 3 is 1.67 bits per heavy atom. The number of nitrogens with two attached hydrogens (primary N) is 1. The van der Waals surface area contributed by atoms with Crippen LogP contribution in [0.15, 0.2) is 0 Å². The van der Waals surface area contributed by atoms with E-state index in [-0.39, 0.29) is 32.7 Å². The fourth-order valence-corrected chi connectivity index (χ4v) is 1.75. The summed E-state index contributed by atoms with van der Waals surface area (Å²) in [5.41, 5.74) is 4.78. The van der Waals surface area contributed by atoms with Gasteiger partial charge in [0.05, 0.1) is 52.9 Å². The van der Waals surface area contributed by atoms with Gasteiger partial charge < -0.3 is 58.9 Å². The van der Waals surface area contributed by atoms with Gasteiger partial charge in [0.15, 0.2) is 0 Å². The molecule has 4 unspecified atom stereocenters.